The largest absolute Gasteiger partial charge is 0.394 e. The molecule has 6 atom stereocenters. The lowest BCUT2D eigenvalue weighted by Crippen LogP contribution is -2.54. The number of nitrogens with zero attached hydrogens (tertiary/aromatic N) is 3. The number of halogens is 7. The Morgan fingerprint density at radius 2 is 0.561 bits per heavy atom. The van der Waals surface area contributed by atoms with Crippen LogP contribution in [0.15, 0.2) is 26.5 Å². The lowest BCUT2D eigenvalue weighted by atomic mass is 10.1. The number of carbonyl (C=O) groups is 6. The van der Waals surface area contributed by atoms with Crippen molar-refractivity contribution in [2.24, 2.45) is 0 Å². The van der Waals surface area contributed by atoms with Gasteiger partial charge in [-0.15, -0.1) is 0 Å². The van der Waals surface area contributed by atoms with Crippen molar-refractivity contribution in [1.29, 1.82) is 0 Å². The summed E-state index contributed by atoms with van der Waals surface area (Å²) in [6.07, 6.45) is -9.19. The predicted octanol–water partition coefficient (Wildman–Crippen LogP) is -5.13. The number of nitrogens with one attached hydrogen (secondary N) is 6. The Morgan fingerprint density at radius 3 is 0.805 bits per heavy atom. The highest BCUT2D eigenvalue weighted by Crippen LogP contribution is 2.35. The number of aliphatic hydroxyl groups excluding tert-OH is 12. The van der Waals surface area contributed by atoms with Gasteiger partial charge in [0, 0.05) is 50.0 Å². The highest BCUT2D eigenvalue weighted by Gasteiger charge is 2.35. The fourth-order valence-corrected chi connectivity index (χ4v) is 16.2. The van der Waals surface area contributed by atoms with E-state index >= 15 is 14.4 Å². The first kappa shape index (κ1) is 72.0. The second kappa shape index (κ2) is 33.0. The summed E-state index contributed by atoms with van der Waals surface area (Å²) in [4.78, 5) is 133. The average molecular weight is 1940 g/mol. The van der Waals surface area contributed by atoms with Crippen LogP contribution in [0.1, 0.15) is 62.1 Å². The van der Waals surface area contributed by atoms with Gasteiger partial charge in [-0.05, 0) is 170 Å². The third-order valence-electron chi connectivity index (χ3n) is 11.2. The van der Waals surface area contributed by atoms with Crippen LogP contribution >= 0.6 is 158 Å². The van der Waals surface area contributed by atoms with Gasteiger partial charge in [0.05, 0.1) is 141 Å². The zero-order valence-corrected chi connectivity index (χ0v) is 56.7. The van der Waals surface area contributed by atoms with Crippen molar-refractivity contribution in [3.8, 4) is 17.1 Å². The number of rotatable bonds is 27. The standard InChI is InChI=1S/C45H50I7N9O21/c46-29-21(37(74)53-3-15(68)9-62)1-23(31(48)25(29)39(76)55-5-17(70)11-64)59-43(80)60(24-2-22(38(75)54-4-16(69)10-63)30(47)26(32(24)49)40(77)56-6-18(71)12-65)45(82)61(44(59)81)36-34(51)27(41(78)57-7-19(72)13-66)33(50)28(35(36)52)42(79)58-8-20(73)14-67/h1-2,15-20,62-73H,3-14H2,(H,53,74)(H,54,75)(H,55,76)(H,56,77)(H,57,78)(H,58,79). The van der Waals surface area contributed by atoms with Gasteiger partial charge in [0.25, 0.3) is 35.4 Å². The first-order valence-electron chi connectivity index (χ1n) is 23.3. The van der Waals surface area contributed by atoms with E-state index in [0.717, 1.165) is 12.1 Å². The molecule has 6 amide bonds. The van der Waals surface area contributed by atoms with Crippen LogP contribution in [-0.2, 0) is 0 Å². The molecule has 0 spiro atoms. The third kappa shape index (κ3) is 17.0. The number of carbonyl (C=O) groups excluding carboxylic acids is 6. The Bertz CT molecular complexity index is 3090. The van der Waals surface area contributed by atoms with Crippen LogP contribution in [0.5, 0.6) is 0 Å². The Hall–Kier alpha value is -2.48. The second-order valence-corrected chi connectivity index (χ2v) is 24.6. The molecule has 0 radical (unpaired) electrons. The van der Waals surface area contributed by atoms with Gasteiger partial charge in [-0.2, -0.15) is 0 Å². The van der Waals surface area contributed by atoms with Gasteiger partial charge in [0.15, 0.2) is 0 Å². The minimum atomic E-state index is -1.68. The van der Waals surface area contributed by atoms with Crippen LogP contribution in [0.25, 0.3) is 17.1 Å². The number of aliphatic hydroxyl groups is 12. The third-order valence-corrected chi connectivity index (χ3v) is 18.8. The van der Waals surface area contributed by atoms with Gasteiger partial charge in [-0.25, -0.2) is 28.1 Å². The summed E-state index contributed by atoms with van der Waals surface area (Å²) in [7, 11) is 0. The van der Waals surface area contributed by atoms with Crippen molar-refractivity contribution >= 4 is 194 Å². The van der Waals surface area contributed by atoms with Crippen molar-refractivity contribution < 1.29 is 90.0 Å². The quantitative estimate of drug-likeness (QED) is 0.0248. The lowest BCUT2D eigenvalue weighted by Gasteiger charge is -2.23. The molecule has 4 aromatic rings. The van der Waals surface area contributed by atoms with Gasteiger partial charge in [0.2, 0.25) is 0 Å². The first-order chi connectivity index (χ1) is 38.6. The Kier molecular flexibility index (Phi) is 29.0. The maximum absolute atomic E-state index is 15.8. The maximum atomic E-state index is 15.8. The zero-order chi connectivity index (χ0) is 61.8. The smallest absolute Gasteiger partial charge is 0.345 e. The summed E-state index contributed by atoms with van der Waals surface area (Å²) in [5.41, 5.74) is -9.97. The Morgan fingerprint density at radius 1 is 0.341 bits per heavy atom. The topological polar surface area (TPSA) is 483 Å². The van der Waals surface area contributed by atoms with E-state index in [1.54, 1.807) is 113 Å². The fourth-order valence-electron chi connectivity index (χ4n) is 6.89. The summed E-state index contributed by atoms with van der Waals surface area (Å²) >= 11 is 10.9. The van der Waals surface area contributed by atoms with Crippen LogP contribution < -0.4 is 49.0 Å². The summed E-state index contributed by atoms with van der Waals surface area (Å²) in [5.74, 6) is -6.54. The van der Waals surface area contributed by atoms with Crippen LogP contribution in [0, 0.1) is 25.0 Å². The molecule has 4 rings (SSSR count). The van der Waals surface area contributed by atoms with Crippen LogP contribution in [-0.4, -0.2) is 226 Å². The molecule has 82 heavy (non-hydrogen) atoms. The Labute approximate surface area is 557 Å². The fraction of sp³-hybridized carbons (Fsp3) is 0.400. The minimum Gasteiger partial charge on any atom is -0.394 e. The van der Waals surface area contributed by atoms with Crippen LogP contribution in [0.4, 0.5) is 0 Å². The van der Waals surface area contributed by atoms with E-state index in [-0.39, 0.29) is 38.7 Å². The molecule has 0 fully saturated rings. The monoisotopic (exact) mass is 1940 g/mol. The lowest BCUT2D eigenvalue weighted by molar-refractivity contribution is 0.0792. The molecule has 0 aliphatic carbocycles. The number of aromatic nitrogens is 3. The molecular weight excluding hydrogens is 1890 g/mol. The maximum Gasteiger partial charge on any atom is 0.345 e. The molecule has 1 heterocycles. The highest BCUT2D eigenvalue weighted by molar-refractivity contribution is 14.1. The summed E-state index contributed by atoms with van der Waals surface area (Å²) in [6.45, 7) is -8.59. The molecule has 1 aromatic heterocycles. The van der Waals surface area contributed by atoms with Gasteiger partial charge in [-0.3, -0.25) is 28.8 Å². The van der Waals surface area contributed by atoms with E-state index in [9.17, 15) is 90.0 Å². The SMILES string of the molecule is O=C(NCC(O)CO)c1cc(-n2c(=O)n(-c3cc(C(=O)NCC(O)CO)c(I)c(C(=O)NCC(O)CO)c3I)c(=O)n(-c3c(I)c(C(=O)NCC(O)CO)c(I)c(C(=O)NCC(O)CO)c3I)c2=O)c(I)c(C(=O)NCC(O)CO)c1I. The molecule has 3 aromatic carbocycles. The van der Waals surface area contributed by atoms with Crippen LogP contribution in [0.2, 0.25) is 0 Å². The van der Waals surface area contributed by atoms with Gasteiger partial charge in [-0.1, -0.05) is 0 Å². The molecule has 0 saturated carbocycles. The molecule has 37 heteroatoms. The van der Waals surface area contributed by atoms with E-state index in [1.165, 1.54) is 45.2 Å². The van der Waals surface area contributed by atoms with Gasteiger partial charge < -0.3 is 93.2 Å². The molecule has 18 N–H and O–H groups in total. The molecule has 450 valence electrons. The van der Waals surface area contributed by atoms with E-state index in [0.29, 0.717) is 0 Å². The number of hydrogen-bond donors (Lipinski definition) is 18. The van der Waals surface area contributed by atoms with Crippen LogP contribution in [0.3, 0.4) is 0 Å². The molecular formula is C45H50I7N9O21. The molecule has 0 saturated heterocycles. The van der Waals surface area contributed by atoms with Crippen molar-refractivity contribution in [1.82, 2.24) is 45.6 Å². The molecule has 6 unspecified atom stereocenters. The van der Waals surface area contributed by atoms with E-state index in [1.807, 2.05) is 0 Å². The van der Waals surface area contributed by atoms with E-state index < -0.39 is 218 Å². The van der Waals surface area contributed by atoms with E-state index in [2.05, 4.69) is 31.9 Å². The first-order valence-corrected chi connectivity index (χ1v) is 30.8. The highest BCUT2D eigenvalue weighted by atomic mass is 127. The predicted molar refractivity (Wildman–Crippen MR) is 345 cm³/mol. The van der Waals surface area contributed by atoms with Crippen molar-refractivity contribution in [3.63, 3.8) is 0 Å². The number of hydrogen-bond acceptors (Lipinski definition) is 21. The van der Waals surface area contributed by atoms with Gasteiger partial charge >= 0.3 is 17.1 Å². The molecule has 0 aliphatic heterocycles. The zero-order valence-electron chi connectivity index (χ0n) is 41.6. The summed E-state index contributed by atoms with van der Waals surface area (Å²) in [6, 6.07) is 1.84. The second-order valence-electron chi connectivity index (χ2n) is 17.1. The molecule has 0 bridgehead atoms. The summed E-state index contributed by atoms with van der Waals surface area (Å²) < 4.78 is -1.13. The average Bonchev–Trinajstić information content (AvgIpc) is 3.42. The molecule has 30 nitrogen and oxygen atoms in total. The van der Waals surface area contributed by atoms with E-state index in [4.69, 9.17) is 0 Å². The van der Waals surface area contributed by atoms with Crippen molar-refractivity contribution in [3.05, 3.63) is 102 Å². The van der Waals surface area contributed by atoms with Crippen molar-refractivity contribution in [2.45, 2.75) is 36.6 Å². The molecule has 0 aliphatic rings. The van der Waals surface area contributed by atoms with Gasteiger partial charge in [0.1, 0.15) is 0 Å². The minimum absolute atomic E-state index is 0.184. The number of amides is 6. The normalized spacial score (nSPS) is 13.5. The number of benzene rings is 3. The summed E-state index contributed by atoms with van der Waals surface area (Å²) in [5, 5.41) is 132. The van der Waals surface area contributed by atoms with Crippen molar-refractivity contribution in [2.75, 3.05) is 78.9 Å². The Balaban J connectivity index is 2.48.